The summed E-state index contributed by atoms with van der Waals surface area (Å²) in [6, 6.07) is 146. The van der Waals surface area contributed by atoms with Crippen molar-refractivity contribution in [2.24, 2.45) is 0 Å². The maximum atomic E-state index is 5.32. The lowest BCUT2D eigenvalue weighted by Crippen LogP contribution is -2.00. The summed E-state index contributed by atoms with van der Waals surface area (Å²) in [5.41, 5.74) is 17.8. The highest BCUT2D eigenvalue weighted by molar-refractivity contribution is 7.26. The molecule has 18 aromatic carbocycles. The molecule has 0 aliphatic heterocycles. The van der Waals surface area contributed by atoms with Gasteiger partial charge in [-0.25, -0.2) is 44.9 Å². The minimum atomic E-state index is 0.637. The van der Waals surface area contributed by atoms with Crippen molar-refractivity contribution in [2.45, 2.75) is 0 Å². The van der Waals surface area contributed by atoms with Crippen LogP contribution in [0.25, 0.3) is 250 Å². The number of fused-ring (bicyclic) bond motifs is 19. The number of hydrogen-bond donors (Lipinski definition) is 0. The van der Waals surface area contributed by atoms with Gasteiger partial charge < -0.3 is 0 Å². The summed E-state index contributed by atoms with van der Waals surface area (Å²) in [4.78, 5) is 45.7. The topological polar surface area (TPSA) is 116 Å². The van der Waals surface area contributed by atoms with Crippen molar-refractivity contribution in [2.75, 3.05) is 0 Å². The first-order valence-electron chi connectivity index (χ1n) is 42.4. The highest BCUT2D eigenvalue weighted by atomic mass is 32.1. The standard InChI is InChI=1S/C40H24N4S.C40H24N2S.C35H21N3S/c1-3-11-26(12-4-1)38-42-39(27-13-5-2-6-14-27)44-40(43-38)28-21-19-25(20-22-28)37-31-17-8-7-15-29(31)32-23-33-30-16-9-10-18-35(30)45-36(33)24-34(32)41-37;1-2-11-25(12-3-1)26-13-10-14-27(21-26)39-32-18-6-8-19-36(32)41-40(42-39)35-22-28-23-38-34(31-17-7-9-20-37(31)43-38)24-33(28)29-15-4-5-16-30(29)35;1-3-11-22(12-4-1)29-20-31(38-35(37-29)23-13-5-2-6-14-23)34-26-17-8-7-15-24(26)27-19-28-25-16-9-10-18-32(25)39-33(28)21-30(27)36-34/h1-24H;1-24H;1-21H. The average Bonchev–Trinajstić information content (AvgIpc) is 1.72. The van der Waals surface area contributed by atoms with Gasteiger partial charge in [-0.1, -0.05) is 340 Å². The van der Waals surface area contributed by atoms with Gasteiger partial charge in [-0.3, -0.25) is 0 Å². The molecule has 26 aromatic rings. The molecule has 9 nitrogen and oxygen atoms in total. The van der Waals surface area contributed by atoms with Gasteiger partial charge in [0, 0.05) is 132 Å². The molecule has 0 unspecified atom stereocenters. The first-order chi connectivity index (χ1) is 62.9. The van der Waals surface area contributed by atoms with E-state index in [2.05, 4.69) is 322 Å². The lowest BCUT2D eigenvalue weighted by Gasteiger charge is -2.14. The van der Waals surface area contributed by atoms with Crippen LogP contribution in [0.2, 0.25) is 0 Å². The molecule has 0 aliphatic rings. The first kappa shape index (κ1) is 74.7. The third-order valence-corrected chi connectivity index (χ3v) is 27.4. The summed E-state index contributed by atoms with van der Waals surface area (Å²) in [6.45, 7) is 0. The van der Waals surface area contributed by atoms with Crippen LogP contribution in [0.4, 0.5) is 0 Å². The molecule has 0 atom stereocenters. The Morgan fingerprint density at radius 2 is 0.504 bits per heavy atom. The number of para-hydroxylation sites is 1. The van der Waals surface area contributed by atoms with Crippen LogP contribution in [0.15, 0.2) is 419 Å². The summed E-state index contributed by atoms with van der Waals surface area (Å²) in [5, 5.41) is 20.6. The predicted molar refractivity (Wildman–Crippen MR) is 535 cm³/mol. The molecule has 26 rings (SSSR count). The quantitative estimate of drug-likeness (QED) is 0.123. The highest BCUT2D eigenvalue weighted by Gasteiger charge is 2.23. The van der Waals surface area contributed by atoms with E-state index in [9.17, 15) is 0 Å². The summed E-state index contributed by atoms with van der Waals surface area (Å²) in [7, 11) is 0. The van der Waals surface area contributed by atoms with Gasteiger partial charge in [-0.05, 0) is 122 Å². The van der Waals surface area contributed by atoms with Crippen molar-refractivity contribution < 1.29 is 0 Å². The molecule has 127 heavy (non-hydrogen) atoms. The molecular formula is C115H69N9S3. The molecule has 12 heteroatoms. The Bertz CT molecular complexity index is 8710. The predicted octanol–water partition coefficient (Wildman–Crippen LogP) is 31.5. The van der Waals surface area contributed by atoms with Crippen molar-refractivity contribution in [3.63, 3.8) is 0 Å². The van der Waals surface area contributed by atoms with E-state index in [0.717, 1.165) is 122 Å². The molecule has 0 aliphatic carbocycles. The van der Waals surface area contributed by atoms with Gasteiger partial charge in [-0.15, -0.1) is 34.0 Å². The Kier molecular flexibility index (Phi) is 18.6. The Hall–Kier alpha value is -16.1. The smallest absolute Gasteiger partial charge is 0.164 e. The molecule has 0 spiro atoms. The number of hydrogen-bond acceptors (Lipinski definition) is 12. The fourth-order valence-corrected chi connectivity index (χ4v) is 21.3. The van der Waals surface area contributed by atoms with Gasteiger partial charge >= 0.3 is 0 Å². The zero-order chi connectivity index (χ0) is 83.8. The zero-order valence-electron chi connectivity index (χ0n) is 68.1. The maximum Gasteiger partial charge on any atom is 0.164 e. The zero-order valence-corrected chi connectivity index (χ0v) is 70.5. The molecule has 0 bridgehead atoms. The molecule has 0 radical (unpaired) electrons. The normalized spacial score (nSPS) is 11.6. The summed E-state index contributed by atoms with van der Waals surface area (Å²) in [5.74, 6) is 3.38. The third-order valence-electron chi connectivity index (χ3n) is 24.0. The van der Waals surface area contributed by atoms with Crippen LogP contribution in [0, 0.1) is 0 Å². The van der Waals surface area contributed by atoms with Crippen LogP contribution in [0.5, 0.6) is 0 Å². The Balaban J connectivity index is 0.000000107. The SMILES string of the molecule is c1ccc(-c2cc(-c3nc4cc5sc6ccccc6c5cc4c4ccccc34)nc(-c3ccccc3)n2)cc1.c1ccc(-c2cccc(-c3nc(-c4cc5cc6sc7ccccc7c6cc5c5ccccc45)nc4ccccc34)c2)cc1.c1ccc(-c2nc(-c3ccccc3)nc(-c3ccc(-c4nc5cc6sc7ccccc7c6cc5c5ccccc45)cc3)n2)cc1. The van der Waals surface area contributed by atoms with Crippen molar-refractivity contribution in [1.29, 1.82) is 0 Å². The fourth-order valence-electron chi connectivity index (χ4n) is 17.9. The summed E-state index contributed by atoms with van der Waals surface area (Å²) < 4.78 is 7.71. The molecule has 0 amide bonds. The highest BCUT2D eigenvalue weighted by Crippen LogP contribution is 2.46. The van der Waals surface area contributed by atoms with Crippen LogP contribution in [-0.2, 0) is 0 Å². The number of aromatic nitrogens is 9. The van der Waals surface area contributed by atoms with E-state index >= 15 is 0 Å². The van der Waals surface area contributed by atoms with E-state index in [1.54, 1.807) is 0 Å². The lowest BCUT2D eigenvalue weighted by atomic mass is 9.95. The van der Waals surface area contributed by atoms with E-state index < -0.39 is 0 Å². The molecule has 0 N–H and O–H groups in total. The summed E-state index contributed by atoms with van der Waals surface area (Å²) in [6.07, 6.45) is 0. The van der Waals surface area contributed by atoms with E-state index in [0.29, 0.717) is 23.3 Å². The van der Waals surface area contributed by atoms with Crippen molar-refractivity contribution in [3.05, 3.63) is 419 Å². The second kappa shape index (κ2) is 31.7. The van der Waals surface area contributed by atoms with E-state index in [1.807, 2.05) is 131 Å². The van der Waals surface area contributed by atoms with E-state index in [1.165, 1.54) is 104 Å². The lowest BCUT2D eigenvalue weighted by molar-refractivity contribution is 1.07. The van der Waals surface area contributed by atoms with Gasteiger partial charge in [0.1, 0.15) is 0 Å². The fraction of sp³-hybridized carbons (Fsp3) is 0. The van der Waals surface area contributed by atoms with Gasteiger partial charge in [0.15, 0.2) is 29.1 Å². The monoisotopic (exact) mass is 1670 g/mol. The Labute approximate surface area is 741 Å². The number of benzene rings is 18. The van der Waals surface area contributed by atoms with Gasteiger partial charge in [0.05, 0.1) is 45.0 Å². The molecule has 8 aromatic heterocycles. The minimum absolute atomic E-state index is 0.637. The molecular weight excluding hydrogens is 1600 g/mol. The number of pyridine rings is 2. The van der Waals surface area contributed by atoms with Crippen LogP contribution in [0.1, 0.15) is 0 Å². The van der Waals surface area contributed by atoms with Crippen molar-refractivity contribution in [1.82, 2.24) is 44.9 Å². The van der Waals surface area contributed by atoms with E-state index in [-0.39, 0.29) is 0 Å². The second-order valence-electron chi connectivity index (χ2n) is 31.7. The molecule has 592 valence electrons. The second-order valence-corrected chi connectivity index (χ2v) is 35.0. The first-order valence-corrected chi connectivity index (χ1v) is 44.8. The maximum absolute atomic E-state index is 5.32. The van der Waals surface area contributed by atoms with Crippen LogP contribution >= 0.6 is 34.0 Å². The number of thiophene rings is 3. The van der Waals surface area contributed by atoms with Crippen LogP contribution in [0.3, 0.4) is 0 Å². The molecule has 8 heterocycles. The molecule has 0 saturated carbocycles. The van der Waals surface area contributed by atoms with Crippen molar-refractivity contribution >= 4 is 170 Å². The Morgan fingerprint density at radius 3 is 1.03 bits per heavy atom. The van der Waals surface area contributed by atoms with Crippen LogP contribution in [-0.4, -0.2) is 44.9 Å². The van der Waals surface area contributed by atoms with Gasteiger partial charge in [0.2, 0.25) is 0 Å². The van der Waals surface area contributed by atoms with Gasteiger partial charge in [-0.2, -0.15) is 0 Å². The minimum Gasteiger partial charge on any atom is -0.247 e. The number of rotatable bonds is 10. The third kappa shape index (κ3) is 13.8. The van der Waals surface area contributed by atoms with E-state index in [4.69, 9.17) is 44.9 Å². The summed E-state index contributed by atoms with van der Waals surface area (Å²) >= 11 is 5.49. The molecule has 0 fully saturated rings. The largest absolute Gasteiger partial charge is 0.247 e. The molecule has 0 saturated heterocycles. The van der Waals surface area contributed by atoms with Gasteiger partial charge in [0.25, 0.3) is 0 Å². The van der Waals surface area contributed by atoms with Crippen LogP contribution < -0.4 is 0 Å². The van der Waals surface area contributed by atoms with Crippen molar-refractivity contribution in [3.8, 4) is 113 Å². The average molecular weight is 1670 g/mol. The Morgan fingerprint density at radius 1 is 0.142 bits per heavy atom. The number of nitrogens with zero attached hydrogens (tertiary/aromatic N) is 9.